The van der Waals surface area contributed by atoms with Gasteiger partial charge in [0.2, 0.25) is 0 Å². The third kappa shape index (κ3) is 2.58. The Balaban J connectivity index is 1.79. The maximum atomic E-state index is 5.67. The number of ether oxygens (including phenoxy) is 1. The van der Waals surface area contributed by atoms with Crippen LogP contribution in [-0.4, -0.2) is 41.5 Å². The summed E-state index contributed by atoms with van der Waals surface area (Å²) in [7, 11) is 0. The zero-order valence-corrected chi connectivity index (χ0v) is 10.9. The molecule has 0 unspecified atom stereocenters. The van der Waals surface area contributed by atoms with Gasteiger partial charge >= 0.3 is 6.01 Å². The predicted octanol–water partition coefficient (Wildman–Crippen LogP) is 1.53. The summed E-state index contributed by atoms with van der Waals surface area (Å²) in [6.45, 7) is 5.05. The van der Waals surface area contributed by atoms with Gasteiger partial charge in [-0.15, -0.1) is 5.10 Å². The average molecular weight is 260 g/mol. The summed E-state index contributed by atoms with van der Waals surface area (Å²) in [5.41, 5.74) is 1.90. The maximum absolute atomic E-state index is 5.67. The molecule has 19 heavy (non-hydrogen) atoms. The quantitative estimate of drug-likeness (QED) is 0.834. The molecular weight excluding hydrogens is 244 g/mol. The van der Waals surface area contributed by atoms with E-state index in [2.05, 4.69) is 22.1 Å². The molecule has 3 heterocycles. The minimum absolute atomic E-state index is 0.462. The molecule has 100 valence electrons. The third-order valence-electron chi connectivity index (χ3n) is 3.15. The number of aromatic nitrogens is 3. The van der Waals surface area contributed by atoms with Gasteiger partial charge in [-0.3, -0.25) is 4.98 Å². The largest absolute Gasteiger partial charge is 0.402 e. The van der Waals surface area contributed by atoms with E-state index in [1.165, 1.54) is 5.56 Å². The standard InChI is InChI=1S/C13H16N4O2/c1-2-10-3-4-11(14-9-10)12-15-16-13(19-12)17-5-7-18-8-6-17/h3-4,9H,2,5-8H2,1H3. The van der Waals surface area contributed by atoms with Crippen molar-refractivity contribution < 1.29 is 9.15 Å². The van der Waals surface area contributed by atoms with Crippen LogP contribution in [0.3, 0.4) is 0 Å². The molecule has 0 saturated carbocycles. The highest BCUT2D eigenvalue weighted by Gasteiger charge is 2.18. The Morgan fingerprint density at radius 2 is 2.05 bits per heavy atom. The van der Waals surface area contributed by atoms with E-state index in [0.717, 1.165) is 19.5 Å². The van der Waals surface area contributed by atoms with Crippen molar-refractivity contribution in [3.05, 3.63) is 23.9 Å². The number of anilines is 1. The molecule has 1 aliphatic heterocycles. The highest BCUT2D eigenvalue weighted by atomic mass is 16.5. The minimum Gasteiger partial charge on any atom is -0.402 e. The number of aryl methyl sites for hydroxylation is 1. The van der Waals surface area contributed by atoms with Crippen molar-refractivity contribution in [3.63, 3.8) is 0 Å². The monoisotopic (exact) mass is 260 g/mol. The van der Waals surface area contributed by atoms with Gasteiger partial charge in [0, 0.05) is 19.3 Å². The topological polar surface area (TPSA) is 64.3 Å². The lowest BCUT2D eigenvalue weighted by atomic mass is 10.2. The molecule has 0 spiro atoms. The van der Waals surface area contributed by atoms with Crippen molar-refractivity contribution in [3.8, 4) is 11.6 Å². The fourth-order valence-electron chi connectivity index (χ4n) is 1.96. The van der Waals surface area contributed by atoms with Gasteiger partial charge in [-0.05, 0) is 18.1 Å². The summed E-state index contributed by atoms with van der Waals surface area (Å²) in [6.07, 6.45) is 2.81. The number of morpholine rings is 1. The van der Waals surface area contributed by atoms with Crippen LogP contribution in [-0.2, 0) is 11.2 Å². The lowest BCUT2D eigenvalue weighted by molar-refractivity contribution is 0.120. The normalized spacial score (nSPS) is 15.7. The second-order valence-corrected chi connectivity index (χ2v) is 4.39. The molecule has 3 rings (SSSR count). The number of rotatable bonds is 3. The molecule has 0 radical (unpaired) electrons. The molecule has 0 aliphatic carbocycles. The van der Waals surface area contributed by atoms with Crippen molar-refractivity contribution in [1.82, 2.24) is 15.2 Å². The molecule has 2 aromatic heterocycles. The predicted molar refractivity (Wildman–Crippen MR) is 69.9 cm³/mol. The van der Waals surface area contributed by atoms with Crippen molar-refractivity contribution in [2.75, 3.05) is 31.2 Å². The van der Waals surface area contributed by atoms with Crippen LogP contribution in [0.15, 0.2) is 22.7 Å². The van der Waals surface area contributed by atoms with E-state index in [1.54, 1.807) is 0 Å². The van der Waals surface area contributed by atoms with Gasteiger partial charge in [0.1, 0.15) is 5.69 Å². The van der Waals surface area contributed by atoms with E-state index in [1.807, 2.05) is 23.2 Å². The lowest BCUT2D eigenvalue weighted by Gasteiger charge is -2.24. The van der Waals surface area contributed by atoms with Crippen LogP contribution in [0.4, 0.5) is 6.01 Å². The highest BCUT2D eigenvalue weighted by molar-refractivity contribution is 5.47. The lowest BCUT2D eigenvalue weighted by Crippen LogP contribution is -2.36. The summed E-state index contributed by atoms with van der Waals surface area (Å²) in [6, 6.07) is 4.48. The van der Waals surface area contributed by atoms with E-state index in [-0.39, 0.29) is 0 Å². The Hall–Kier alpha value is -1.95. The molecule has 0 atom stereocenters. The van der Waals surface area contributed by atoms with Gasteiger partial charge < -0.3 is 14.1 Å². The molecule has 1 aliphatic rings. The molecule has 1 saturated heterocycles. The van der Waals surface area contributed by atoms with Crippen LogP contribution in [0.5, 0.6) is 0 Å². The second-order valence-electron chi connectivity index (χ2n) is 4.39. The van der Waals surface area contributed by atoms with E-state index in [9.17, 15) is 0 Å². The van der Waals surface area contributed by atoms with Gasteiger partial charge in [-0.2, -0.15) is 0 Å². The molecule has 6 heteroatoms. The van der Waals surface area contributed by atoms with Crippen molar-refractivity contribution in [1.29, 1.82) is 0 Å². The first-order valence-electron chi connectivity index (χ1n) is 6.48. The highest BCUT2D eigenvalue weighted by Crippen LogP contribution is 2.21. The van der Waals surface area contributed by atoms with Gasteiger partial charge in [-0.1, -0.05) is 18.1 Å². The Kier molecular flexibility index (Phi) is 3.41. The Bertz CT molecular complexity index is 532. The van der Waals surface area contributed by atoms with Crippen LogP contribution in [0.1, 0.15) is 12.5 Å². The Labute approximate surface area is 111 Å². The Morgan fingerprint density at radius 3 is 2.74 bits per heavy atom. The molecular formula is C13H16N4O2. The van der Waals surface area contributed by atoms with Gasteiger partial charge in [0.05, 0.1) is 13.2 Å². The van der Waals surface area contributed by atoms with Gasteiger partial charge in [-0.25, -0.2) is 0 Å². The summed E-state index contributed by atoms with van der Waals surface area (Å²) < 4.78 is 11.0. The molecule has 0 bridgehead atoms. The van der Waals surface area contributed by atoms with E-state index >= 15 is 0 Å². The van der Waals surface area contributed by atoms with Crippen molar-refractivity contribution in [2.45, 2.75) is 13.3 Å². The van der Waals surface area contributed by atoms with E-state index in [4.69, 9.17) is 9.15 Å². The third-order valence-corrected chi connectivity index (χ3v) is 3.15. The summed E-state index contributed by atoms with van der Waals surface area (Å²) in [5, 5.41) is 8.13. The zero-order valence-electron chi connectivity index (χ0n) is 10.9. The first-order chi connectivity index (χ1) is 9.36. The van der Waals surface area contributed by atoms with Gasteiger partial charge in [0.25, 0.3) is 5.89 Å². The fourth-order valence-corrected chi connectivity index (χ4v) is 1.96. The SMILES string of the molecule is CCc1ccc(-c2nnc(N3CCOCC3)o2)nc1. The number of hydrogen-bond acceptors (Lipinski definition) is 6. The minimum atomic E-state index is 0.462. The van der Waals surface area contributed by atoms with Crippen LogP contribution in [0, 0.1) is 0 Å². The molecule has 0 amide bonds. The van der Waals surface area contributed by atoms with Crippen LogP contribution >= 0.6 is 0 Å². The number of hydrogen-bond donors (Lipinski definition) is 0. The van der Waals surface area contributed by atoms with Crippen molar-refractivity contribution in [2.24, 2.45) is 0 Å². The van der Waals surface area contributed by atoms with Crippen LogP contribution in [0.25, 0.3) is 11.6 Å². The smallest absolute Gasteiger partial charge is 0.318 e. The average Bonchev–Trinajstić information content (AvgIpc) is 2.98. The van der Waals surface area contributed by atoms with Crippen LogP contribution < -0.4 is 4.90 Å². The summed E-state index contributed by atoms with van der Waals surface area (Å²) >= 11 is 0. The van der Waals surface area contributed by atoms with Gasteiger partial charge in [0.15, 0.2) is 0 Å². The summed E-state index contributed by atoms with van der Waals surface area (Å²) in [4.78, 5) is 6.37. The Morgan fingerprint density at radius 1 is 1.21 bits per heavy atom. The molecule has 6 nitrogen and oxygen atoms in total. The van der Waals surface area contributed by atoms with Crippen molar-refractivity contribution >= 4 is 6.01 Å². The molecule has 1 fully saturated rings. The first-order valence-corrected chi connectivity index (χ1v) is 6.48. The van der Waals surface area contributed by atoms with E-state index in [0.29, 0.717) is 30.8 Å². The molecule has 2 aromatic rings. The summed E-state index contributed by atoms with van der Waals surface area (Å²) in [5.74, 6) is 0.462. The maximum Gasteiger partial charge on any atom is 0.318 e. The molecule has 0 aromatic carbocycles. The number of nitrogens with zero attached hydrogens (tertiary/aromatic N) is 4. The zero-order chi connectivity index (χ0) is 13.1. The van der Waals surface area contributed by atoms with Crippen LogP contribution in [0.2, 0.25) is 0 Å². The fraction of sp³-hybridized carbons (Fsp3) is 0.462. The first kappa shape index (κ1) is 12.1. The second kappa shape index (κ2) is 5.36. The van der Waals surface area contributed by atoms with E-state index < -0.39 is 0 Å². The molecule has 0 N–H and O–H groups in total. The number of pyridine rings is 1.